The summed E-state index contributed by atoms with van der Waals surface area (Å²) in [5.74, 6) is 0.0432. The molecule has 2 amide bonds. The summed E-state index contributed by atoms with van der Waals surface area (Å²) in [5, 5.41) is 3.58. The molecule has 0 aliphatic carbocycles. The molecule has 2 heterocycles. The van der Waals surface area contributed by atoms with Gasteiger partial charge in [-0.1, -0.05) is 35.9 Å². The Hall–Kier alpha value is -2.45. The molecule has 2 aliphatic heterocycles. The lowest BCUT2D eigenvalue weighted by atomic mass is 10.0. The van der Waals surface area contributed by atoms with E-state index in [1.165, 1.54) is 0 Å². The van der Waals surface area contributed by atoms with Gasteiger partial charge in [0.05, 0.1) is 6.04 Å². The van der Waals surface area contributed by atoms with Crippen LogP contribution < -0.4 is 26.6 Å². The van der Waals surface area contributed by atoms with E-state index >= 15 is 0 Å². The highest BCUT2D eigenvalue weighted by atomic mass is 35.5. The van der Waals surface area contributed by atoms with Gasteiger partial charge in [0.1, 0.15) is 6.04 Å². The van der Waals surface area contributed by atoms with Crippen molar-refractivity contribution in [1.82, 2.24) is 21.7 Å². The van der Waals surface area contributed by atoms with E-state index in [2.05, 4.69) is 21.7 Å². The summed E-state index contributed by atoms with van der Waals surface area (Å²) in [4.78, 5) is 26.3. The quantitative estimate of drug-likeness (QED) is 0.616. The van der Waals surface area contributed by atoms with Crippen molar-refractivity contribution in [3.63, 3.8) is 0 Å². The van der Waals surface area contributed by atoms with E-state index in [1.807, 2.05) is 42.5 Å². The van der Waals surface area contributed by atoms with Gasteiger partial charge >= 0.3 is 0 Å². The molecule has 0 saturated carbocycles. The molecule has 0 spiro atoms. The molecule has 7 nitrogen and oxygen atoms in total. The summed E-state index contributed by atoms with van der Waals surface area (Å²) < 4.78 is 0. The van der Waals surface area contributed by atoms with Crippen LogP contribution in [0.15, 0.2) is 48.5 Å². The molecular weight excluding hydrogens is 378 g/mol. The summed E-state index contributed by atoms with van der Waals surface area (Å²) in [7, 11) is 0. The van der Waals surface area contributed by atoms with Crippen LogP contribution in [0.5, 0.6) is 0 Å². The predicted molar refractivity (Wildman–Crippen MR) is 107 cm³/mol. The lowest BCUT2D eigenvalue weighted by Crippen LogP contribution is -2.44. The van der Waals surface area contributed by atoms with Gasteiger partial charge in [0.25, 0.3) is 0 Å². The van der Waals surface area contributed by atoms with Crippen molar-refractivity contribution >= 4 is 29.1 Å². The van der Waals surface area contributed by atoms with E-state index in [0.717, 1.165) is 29.8 Å². The van der Waals surface area contributed by atoms with Crippen LogP contribution >= 0.6 is 11.6 Å². The number of hydrogen-bond donors (Lipinski definition) is 4. The molecule has 8 heteroatoms. The van der Waals surface area contributed by atoms with Crippen LogP contribution in [0, 0.1) is 0 Å². The number of amides is 2. The summed E-state index contributed by atoms with van der Waals surface area (Å²) in [6, 6.07) is 14.5. The highest BCUT2D eigenvalue weighted by molar-refractivity contribution is 6.30. The Kier molecular flexibility index (Phi) is 5.59. The van der Waals surface area contributed by atoms with Crippen molar-refractivity contribution in [3.8, 4) is 0 Å². The van der Waals surface area contributed by atoms with Crippen molar-refractivity contribution in [2.75, 3.05) is 11.4 Å². The zero-order valence-electron chi connectivity index (χ0n) is 15.2. The van der Waals surface area contributed by atoms with Crippen LogP contribution in [-0.2, 0) is 16.1 Å². The predicted octanol–water partition coefficient (Wildman–Crippen LogP) is 1.81. The van der Waals surface area contributed by atoms with E-state index in [4.69, 9.17) is 11.6 Å². The normalized spacial score (nSPS) is 21.9. The van der Waals surface area contributed by atoms with Crippen LogP contribution in [-0.4, -0.2) is 24.4 Å². The fraction of sp³-hybridized carbons (Fsp3) is 0.300. The number of nitrogens with zero attached hydrogens (tertiary/aromatic N) is 1. The second-order valence-corrected chi connectivity index (χ2v) is 7.39. The lowest BCUT2D eigenvalue weighted by Gasteiger charge is -2.19. The molecular formula is C20H22ClN5O2. The minimum Gasteiger partial charge on any atom is -0.351 e. The molecule has 0 bridgehead atoms. The topological polar surface area (TPSA) is 85.5 Å². The molecule has 2 fully saturated rings. The van der Waals surface area contributed by atoms with Crippen molar-refractivity contribution < 1.29 is 9.59 Å². The Bertz CT molecular complexity index is 873. The Morgan fingerprint density at radius 2 is 2.00 bits per heavy atom. The molecule has 0 radical (unpaired) electrons. The third-order valence-electron chi connectivity index (χ3n) is 5.07. The van der Waals surface area contributed by atoms with Gasteiger partial charge in [-0.25, -0.2) is 10.9 Å². The van der Waals surface area contributed by atoms with E-state index < -0.39 is 6.04 Å². The molecule has 28 heavy (non-hydrogen) atoms. The number of hydrogen-bond acceptors (Lipinski definition) is 5. The summed E-state index contributed by atoms with van der Waals surface area (Å²) in [6.45, 7) is 1.18. The van der Waals surface area contributed by atoms with Gasteiger partial charge in [0.2, 0.25) is 11.8 Å². The molecule has 2 unspecified atom stereocenters. The lowest BCUT2D eigenvalue weighted by molar-refractivity contribution is -0.123. The number of benzene rings is 2. The molecule has 0 aromatic heterocycles. The average Bonchev–Trinajstić information content (AvgIpc) is 3.36. The molecule has 4 N–H and O–H groups in total. The molecule has 4 rings (SSSR count). The standard InChI is InChI=1S/C20H22ClN5O2/c21-15-4-1-3-14(11-15)18-19(24-25-23-18)20(28)22-12-13-6-8-16(9-7-13)26-10-2-5-17(26)27/h1,3-4,6-9,11,18-19,23-25H,2,5,10,12H2,(H,22,28). The van der Waals surface area contributed by atoms with Gasteiger partial charge in [0, 0.05) is 30.2 Å². The van der Waals surface area contributed by atoms with E-state index in [0.29, 0.717) is 18.0 Å². The Balaban J connectivity index is 1.36. The summed E-state index contributed by atoms with van der Waals surface area (Å²) >= 11 is 6.07. The number of hydrazine groups is 2. The van der Waals surface area contributed by atoms with Crippen molar-refractivity contribution in [2.24, 2.45) is 0 Å². The van der Waals surface area contributed by atoms with Gasteiger partial charge < -0.3 is 10.2 Å². The zero-order valence-corrected chi connectivity index (χ0v) is 16.0. The van der Waals surface area contributed by atoms with Crippen LogP contribution in [0.1, 0.15) is 30.0 Å². The third-order valence-corrected chi connectivity index (χ3v) is 5.30. The number of rotatable bonds is 5. The van der Waals surface area contributed by atoms with Gasteiger partial charge in [-0.05, 0) is 41.8 Å². The van der Waals surface area contributed by atoms with Crippen LogP contribution in [0.4, 0.5) is 5.69 Å². The molecule has 2 aliphatic rings. The first-order valence-electron chi connectivity index (χ1n) is 9.30. The molecule has 2 aromatic carbocycles. The minimum atomic E-state index is -0.472. The number of nitrogens with one attached hydrogen (secondary N) is 4. The largest absolute Gasteiger partial charge is 0.351 e. The van der Waals surface area contributed by atoms with Gasteiger partial charge in [0.15, 0.2) is 0 Å². The number of anilines is 1. The number of carbonyl (C=O) groups excluding carboxylic acids is 2. The van der Waals surface area contributed by atoms with E-state index in [9.17, 15) is 9.59 Å². The Labute approximate surface area is 168 Å². The number of halogens is 1. The summed E-state index contributed by atoms with van der Waals surface area (Å²) in [6.07, 6.45) is 1.52. The SMILES string of the molecule is O=C(NCc1ccc(N2CCCC2=O)cc1)C1NNNC1c1cccc(Cl)c1. The monoisotopic (exact) mass is 399 g/mol. The van der Waals surface area contributed by atoms with E-state index in [-0.39, 0.29) is 17.9 Å². The fourth-order valence-corrected chi connectivity index (χ4v) is 3.77. The Morgan fingerprint density at radius 1 is 1.18 bits per heavy atom. The second-order valence-electron chi connectivity index (χ2n) is 6.96. The van der Waals surface area contributed by atoms with Gasteiger partial charge in [-0.15, -0.1) is 0 Å². The van der Waals surface area contributed by atoms with Crippen molar-refractivity contribution in [3.05, 3.63) is 64.7 Å². The maximum absolute atomic E-state index is 12.7. The van der Waals surface area contributed by atoms with Gasteiger partial charge in [-0.2, -0.15) is 5.53 Å². The molecule has 2 atom stereocenters. The summed E-state index contributed by atoms with van der Waals surface area (Å²) in [5.41, 5.74) is 11.6. The maximum atomic E-state index is 12.7. The molecule has 2 saturated heterocycles. The first kappa shape index (κ1) is 18.9. The second kappa shape index (κ2) is 8.28. The third kappa shape index (κ3) is 4.02. The van der Waals surface area contributed by atoms with Crippen LogP contribution in [0.3, 0.4) is 0 Å². The minimum absolute atomic E-state index is 0.124. The molecule has 2 aromatic rings. The maximum Gasteiger partial charge on any atom is 0.240 e. The number of carbonyl (C=O) groups is 2. The van der Waals surface area contributed by atoms with Crippen molar-refractivity contribution in [1.29, 1.82) is 0 Å². The first-order valence-corrected chi connectivity index (χ1v) is 9.68. The molecule has 146 valence electrons. The van der Waals surface area contributed by atoms with Crippen LogP contribution in [0.25, 0.3) is 0 Å². The zero-order chi connectivity index (χ0) is 19.5. The van der Waals surface area contributed by atoms with Gasteiger partial charge in [-0.3, -0.25) is 9.59 Å². The Morgan fingerprint density at radius 3 is 2.71 bits per heavy atom. The van der Waals surface area contributed by atoms with Crippen molar-refractivity contribution in [2.45, 2.75) is 31.5 Å². The highest BCUT2D eigenvalue weighted by Gasteiger charge is 2.33. The fourth-order valence-electron chi connectivity index (χ4n) is 3.57. The smallest absolute Gasteiger partial charge is 0.240 e. The first-order chi connectivity index (χ1) is 13.6. The van der Waals surface area contributed by atoms with Crippen LogP contribution in [0.2, 0.25) is 5.02 Å². The van der Waals surface area contributed by atoms with E-state index in [1.54, 1.807) is 11.0 Å². The highest BCUT2D eigenvalue weighted by Crippen LogP contribution is 2.23. The average molecular weight is 400 g/mol.